The lowest BCUT2D eigenvalue weighted by Gasteiger charge is -2.51. The highest BCUT2D eigenvalue weighted by Gasteiger charge is 2.51. The standard InChI is InChI=1S/C31H34N2O3/c1-30(2,3)28(34)36-29(35)33-26-19-20-27(33)22-32(21-26)31(23-13-7-4-8-14-23,24-15-9-5-10-16-24)25-17-11-6-12-18-25/h4-18,26-27H,19-22H2,1-3H3. The van der Waals surface area contributed by atoms with Crippen molar-refractivity contribution in [3.63, 3.8) is 0 Å². The molecular weight excluding hydrogens is 448 g/mol. The van der Waals surface area contributed by atoms with Gasteiger partial charge in [0.05, 0.1) is 11.0 Å². The van der Waals surface area contributed by atoms with Crippen LogP contribution in [-0.2, 0) is 15.1 Å². The Hall–Kier alpha value is -3.44. The van der Waals surface area contributed by atoms with E-state index in [1.807, 2.05) is 23.1 Å². The van der Waals surface area contributed by atoms with Crippen molar-refractivity contribution in [3.05, 3.63) is 108 Å². The van der Waals surface area contributed by atoms with E-state index in [0.29, 0.717) is 13.1 Å². The Morgan fingerprint density at radius 3 is 1.44 bits per heavy atom. The van der Waals surface area contributed by atoms with Crippen molar-refractivity contribution in [1.82, 2.24) is 9.80 Å². The first kappa shape index (κ1) is 24.3. The Kier molecular flexibility index (Phi) is 6.44. The lowest BCUT2D eigenvalue weighted by Crippen LogP contribution is -2.62. The molecular formula is C31H34N2O3. The Balaban J connectivity index is 1.57. The fraction of sp³-hybridized carbons (Fsp3) is 0.355. The molecule has 5 rings (SSSR count). The number of carbonyl (C=O) groups excluding carboxylic acids is 2. The molecule has 2 saturated heterocycles. The average Bonchev–Trinajstić information content (AvgIpc) is 3.16. The van der Waals surface area contributed by atoms with Gasteiger partial charge in [0.2, 0.25) is 0 Å². The number of hydrogen-bond donors (Lipinski definition) is 0. The Morgan fingerprint density at radius 2 is 1.08 bits per heavy atom. The van der Waals surface area contributed by atoms with Crippen LogP contribution in [-0.4, -0.2) is 47.0 Å². The lowest BCUT2D eigenvalue weighted by atomic mass is 9.75. The third-order valence-corrected chi connectivity index (χ3v) is 7.53. The number of fused-ring (bicyclic) bond motifs is 2. The molecule has 2 heterocycles. The molecule has 0 aliphatic carbocycles. The summed E-state index contributed by atoms with van der Waals surface area (Å²) < 4.78 is 5.34. The van der Waals surface area contributed by atoms with Crippen LogP contribution in [0.15, 0.2) is 91.0 Å². The summed E-state index contributed by atoms with van der Waals surface area (Å²) in [6, 6.07) is 31.9. The Morgan fingerprint density at radius 1 is 0.694 bits per heavy atom. The number of likely N-dealkylation sites (tertiary alicyclic amines) is 1. The van der Waals surface area contributed by atoms with Gasteiger partial charge in [0.15, 0.2) is 0 Å². The van der Waals surface area contributed by atoms with Gasteiger partial charge in [0, 0.05) is 25.2 Å². The van der Waals surface area contributed by atoms with Crippen LogP contribution in [0.25, 0.3) is 0 Å². The van der Waals surface area contributed by atoms with Crippen LogP contribution in [0.1, 0.15) is 50.3 Å². The minimum atomic E-state index is -0.723. The molecule has 5 heteroatoms. The highest BCUT2D eigenvalue weighted by Crippen LogP contribution is 2.46. The number of nitrogens with zero attached hydrogens (tertiary/aromatic N) is 2. The summed E-state index contributed by atoms with van der Waals surface area (Å²) in [5, 5.41) is 0. The summed E-state index contributed by atoms with van der Waals surface area (Å²) in [5.41, 5.74) is 2.35. The highest BCUT2D eigenvalue weighted by atomic mass is 16.6. The fourth-order valence-electron chi connectivity index (χ4n) is 5.85. The van der Waals surface area contributed by atoms with Crippen LogP contribution in [0.5, 0.6) is 0 Å². The number of amides is 1. The minimum Gasteiger partial charge on any atom is -0.376 e. The van der Waals surface area contributed by atoms with Gasteiger partial charge in [-0.2, -0.15) is 0 Å². The maximum absolute atomic E-state index is 13.1. The zero-order chi connectivity index (χ0) is 25.3. The second-order valence-electron chi connectivity index (χ2n) is 10.9. The number of hydrogen-bond acceptors (Lipinski definition) is 4. The Labute approximate surface area is 213 Å². The fourth-order valence-corrected chi connectivity index (χ4v) is 5.85. The summed E-state index contributed by atoms with van der Waals surface area (Å²) in [6.07, 6.45) is 1.29. The van der Waals surface area contributed by atoms with E-state index in [2.05, 4.69) is 77.7 Å². The summed E-state index contributed by atoms with van der Waals surface area (Å²) in [4.78, 5) is 30.0. The summed E-state index contributed by atoms with van der Waals surface area (Å²) in [6.45, 7) is 6.68. The zero-order valence-corrected chi connectivity index (χ0v) is 21.3. The normalized spacial score (nSPS) is 20.2. The average molecular weight is 483 g/mol. The van der Waals surface area contributed by atoms with Crippen LogP contribution in [0.2, 0.25) is 0 Å². The van der Waals surface area contributed by atoms with Crippen molar-refractivity contribution in [1.29, 1.82) is 0 Å². The van der Waals surface area contributed by atoms with E-state index in [4.69, 9.17) is 4.74 Å². The summed E-state index contributed by atoms with van der Waals surface area (Å²) in [5.74, 6) is -0.485. The number of esters is 1. The first-order valence-corrected chi connectivity index (χ1v) is 12.8. The predicted octanol–water partition coefficient (Wildman–Crippen LogP) is 5.84. The van der Waals surface area contributed by atoms with E-state index in [0.717, 1.165) is 12.8 Å². The van der Waals surface area contributed by atoms with Crippen molar-refractivity contribution in [3.8, 4) is 0 Å². The van der Waals surface area contributed by atoms with Gasteiger partial charge in [-0.05, 0) is 50.3 Å². The molecule has 2 atom stereocenters. The highest BCUT2D eigenvalue weighted by molar-refractivity contribution is 5.88. The second kappa shape index (κ2) is 9.55. The van der Waals surface area contributed by atoms with Gasteiger partial charge in [-0.1, -0.05) is 91.0 Å². The van der Waals surface area contributed by atoms with E-state index in [9.17, 15) is 9.59 Å². The molecule has 186 valence electrons. The van der Waals surface area contributed by atoms with Gasteiger partial charge in [0.1, 0.15) is 0 Å². The van der Waals surface area contributed by atoms with Gasteiger partial charge in [-0.3, -0.25) is 14.6 Å². The van der Waals surface area contributed by atoms with Gasteiger partial charge in [-0.15, -0.1) is 0 Å². The van der Waals surface area contributed by atoms with Crippen LogP contribution in [0, 0.1) is 5.41 Å². The van der Waals surface area contributed by atoms with Crippen LogP contribution in [0.4, 0.5) is 4.79 Å². The molecule has 2 aliphatic heterocycles. The largest absolute Gasteiger partial charge is 0.418 e. The number of carbonyl (C=O) groups is 2. The molecule has 0 saturated carbocycles. The van der Waals surface area contributed by atoms with Crippen molar-refractivity contribution in [2.45, 2.75) is 51.2 Å². The van der Waals surface area contributed by atoms with Crippen LogP contribution >= 0.6 is 0 Å². The second-order valence-corrected chi connectivity index (χ2v) is 10.9. The van der Waals surface area contributed by atoms with E-state index in [1.54, 1.807) is 20.8 Å². The van der Waals surface area contributed by atoms with E-state index < -0.39 is 23.0 Å². The molecule has 2 unspecified atom stereocenters. The summed E-state index contributed by atoms with van der Waals surface area (Å²) >= 11 is 0. The van der Waals surface area contributed by atoms with Gasteiger partial charge < -0.3 is 4.74 Å². The van der Waals surface area contributed by atoms with E-state index in [1.165, 1.54) is 16.7 Å². The van der Waals surface area contributed by atoms with E-state index >= 15 is 0 Å². The SMILES string of the molecule is CC(C)(C)C(=O)OC(=O)N1C2CCC1CN(C(c1ccccc1)(c1ccccc1)c1ccccc1)C2. The van der Waals surface area contributed by atoms with Gasteiger partial charge >= 0.3 is 12.1 Å². The first-order chi connectivity index (χ1) is 17.3. The number of rotatable bonds is 4. The molecule has 2 aliphatic rings. The smallest absolute Gasteiger partial charge is 0.376 e. The van der Waals surface area contributed by atoms with Crippen LogP contribution < -0.4 is 0 Å². The van der Waals surface area contributed by atoms with Crippen molar-refractivity contribution in [2.75, 3.05) is 13.1 Å². The molecule has 0 N–H and O–H groups in total. The number of ether oxygens (including phenoxy) is 1. The maximum Gasteiger partial charge on any atom is 0.418 e. The number of benzene rings is 3. The molecule has 2 bridgehead atoms. The van der Waals surface area contributed by atoms with Crippen LogP contribution in [0.3, 0.4) is 0 Å². The lowest BCUT2D eigenvalue weighted by molar-refractivity contribution is -0.148. The van der Waals surface area contributed by atoms with E-state index in [-0.39, 0.29) is 12.1 Å². The Bertz CT molecular complexity index is 1090. The molecule has 1 amide bonds. The first-order valence-electron chi connectivity index (χ1n) is 12.8. The molecule has 0 spiro atoms. The molecule has 3 aromatic carbocycles. The predicted molar refractivity (Wildman–Crippen MR) is 140 cm³/mol. The topological polar surface area (TPSA) is 49.9 Å². The van der Waals surface area contributed by atoms with Gasteiger partial charge in [0.25, 0.3) is 0 Å². The molecule has 5 nitrogen and oxygen atoms in total. The molecule has 36 heavy (non-hydrogen) atoms. The molecule has 0 aromatic heterocycles. The molecule has 2 fully saturated rings. The van der Waals surface area contributed by atoms with Gasteiger partial charge in [-0.25, -0.2) is 4.79 Å². The summed E-state index contributed by atoms with van der Waals surface area (Å²) in [7, 11) is 0. The third-order valence-electron chi connectivity index (χ3n) is 7.53. The van der Waals surface area contributed by atoms with Crippen molar-refractivity contribution >= 4 is 12.1 Å². The molecule has 3 aromatic rings. The molecule has 0 radical (unpaired) electrons. The zero-order valence-electron chi connectivity index (χ0n) is 21.3. The third kappa shape index (κ3) is 4.22. The number of piperazine rings is 1. The maximum atomic E-state index is 13.1. The van der Waals surface area contributed by atoms with Crippen molar-refractivity contribution in [2.24, 2.45) is 5.41 Å². The monoisotopic (exact) mass is 482 g/mol. The van der Waals surface area contributed by atoms with Crippen molar-refractivity contribution < 1.29 is 14.3 Å². The quantitative estimate of drug-likeness (QED) is 0.266. The minimum absolute atomic E-state index is 0.0143.